The standard InChI is InChI=1S/C20H24N4O3S/c1-15-6-8-16(9-7-15)14-21-12-13-22-20(25)11-10-19-23-17-4-2-3-5-18(17)28(26,27)24-19/h2-9,21H,10-14H2,1H3,(H,22,25)(H,23,24). The molecule has 2 aromatic rings. The van der Waals surface area contributed by atoms with Crippen molar-refractivity contribution >= 4 is 27.5 Å². The van der Waals surface area contributed by atoms with Crippen LogP contribution in [0, 0.1) is 6.92 Å². The number of para-hydroxylation sites is 1. The Morgan fingerprint density at radius 2 is 1.82 bits per heavy atom. The van der Waals surface area contributed by atoms with Crippen molar-refractivity contribution in [2.75, 3.05) is 18.4 Å². The fraction of sp³-hybridized carbons (Fsp3) is 0.300. The highest BCUT2D eigenvalue weighted by Gasteiger charge is 2.24. The van der Waals surface area contributed by atoms with Crippen LogP contribution in [-0.2, 0) is 21.4 Å². The maximum Gasteiger partial charge on any atom is 0.286 e. The van der Waals surface area contributed by atoms with Gasteiger partial charge < -0.3 is 16.0 Å². The molecule has 28 heavy (non-hydrogen) atoms. The van der Waals surface area contributed by atoms with Crippen molar-refractivity contribution in [1.82, 2.24) is 10.6 Å². The fourth-order valence-corrected chi connectivity index (χ4v) is 4.00. The number of benzene rings is 2. The number of hydrogen-bond donors (Lipinski definition) is 3. The number of carbonyl (C=O) groups is 1. The molecular formula is C20H24N4O3S. The summed E-state index contributed by atoms with van der Waals surface area (Å²) in [7, 11) is -3.71. The smallest absolute Gasteiger partial charge is 0.286 e. The summed E-state index contributed by atoms with van der Waals surface area (Å²) in [6.07, 6.45) is 0.400. The van der Waals surface area contributed by atoms with E-state index in [1.165, 1.54) is 17.2 Å². The molecule has 0 bridgehead atoms. The number of aryl methyl sites for hydroxylation is 1. The number of amides is 1. The Balaban J connectivity index is 1.38. The number of sulfonamides is 1. The Kier molecular flexibility index (Phi) is 6.43. The van der Waals surface area contributed by atoms with Crippen LogP contribution in [0.25, 0.3) is 0 Å². The van der Waals surface area contributed by atoms with E-state index in [2.05, 4.69) is 51.5 Å². The topological polar surface area (TPSA) is 99.7 Å². The Morgan fingerprint density at radius 1 is 1.07 bits per heavy atom. The average molecular weight is 401 g/mol. The van der Waals surface area contributed by atoms with Gasteiger partial charge >= 0.3 is 0 Å². The first-order chi connectivity index (χ1) is 13.4. The molecule has 1 heterocycles. The number of nitrogens with one attached hydrogen (secondary N) is 3. The van der Waals surface area contributed by atoms with Crippen molar-refractivity contribution < 1.29 is 13.2 Å². The highest BCUT2D eigenvalue weighted by atomic mass is 32.2. The van der Waals surface area contributed by atoms with Gasteiger partial charge in [-0.2, -0.15) is 8.42 Å². The fourth-order valence-electron chi connectivity index (χ4n) is 2.82. The summed E-state index contributed by atoms with van der Waals surface area (Å²) >= 11 is 0. The third-order valence-electron chi connectivity index (χ3n) is 4.34. The van der Waals surface area contributed by atoms with Gasteiger partial charge in [0, 0.05) is 32.5 Å². The van der Waals surface area contributed by atoms with Crippen LogP contribution in [0.2, 0.25) is 0 Å². The molecule has 0 aliphatic carbocycles. The number of rotatable bonds is 8. The largest absolute Gasteiger partial charge is 0.355 e. The van der Waals surface area contributed by atoms with Crippen molar-refractivity contribution in [1.29, 1.82) is 0 Å². The van der Waals surface area contributed by atoms with Crippen LogP contribution >= 0.6 is 0 Å². The summed E-state index contributed by atoms with van der Waals surface area (Å²) in [4.78, 5) is 12.1. The minimum atomic E-state index is -3.71. The molecule has 0 unspecified atom stereocenters. The van der Waals surface area contributed by atoms with E-state index in [4.69, 9.17) is 0 Å². The molecule has 1 aliphatic rings. The summed E-state index contributed by atoms with van der Waals surface area (Å²) in [5, 5.41) is 9.08. The predicted octanol–water partition coefficient (Wildman–Crippen LogP) is 2.19. The lowest BCUT2D eigenvalue weighted by atomic mass is 10.1. The van der Waals surface area contributed by atoms with Gasteiger partial charge in [0.2, 0.25) is 5.91 Å². The Hall–Kier alpha value is -2.71. The van der Waals surface area contributed by atoms with E-state index in [9.17, 15) is 13.2 Å². The van der Waals surface area contributed by atoms with E-state index in [0.717, 1.165) is 6.54 Å². The molecule has 0 fully saturated rings. The second-order valence-electron chi connectivity index (χ2n) is 6.65. The number of anilines is 1. The molecule has 8 heteroatoms. The number of hydrogen-bond acceptors (Lipinski definition) is 5. The average Bonchev–Trinajstić information content (AvgIpc) is 2.67. The molecule has 0 aromatic heterocycles. The van der Waals surface area contributed by atoms with E-state index in [0.29, 0.717) is 18.8 Å². The first kappa shape index (κ1) is 20.0. The molecule has 7 nitrogen and oxygen atoms in total. The van der Waals surface area contributed by atoms with Gasteiger partial charge in [0.1, 0.15) is 10.7 Å². The summed E-state index contributed by atoms with van der Waals surface area (Å²) in [5.74, 6) is 0.143. The number of nitrogens with zero attached hydrogens (tertiary/aromatic N) is 1. The molecule has 2 aromatic carbocycles. The second kappa shape index (κ2) is 8.99. The number of carbonyl (C=O) groups excluding carboxylic acids is 1. The molecule has 3 rings (SSSR count). The van der Waals surface area contributed by atoms with Gasteiger partial charge in [-0.15, -0.1) is 4.40 Å². The van der Waals surface area contributed by atoms with Crippen molar-refractivity contribution in [3.8, 4) is 0 Å². The minimum absolute atomic E-state index is 0.141. The first-order valence-corrected chi connectivity index (χ1v) is 10.6. The highest BCUT2D eigenvalue weighted by molar-refractivity contribution is 7.90. The molecule has 0 saturated carbocycles. The molecule has 0 saturated heterocycles. The Morgan fingerprint density at radius 3 is 2.61 bits per heavy atom. The molecule has 1 amide bonds. The third-order valence-corrected chi connectivity index (χ3v) is 5.71. The van der Waals surface area contributed by atoms with Crippen LogP contribution in [0.1, 0.15) is 24.0 Å². The second-order valence-corrected chi connectivity index (χ2v) is 8.22. The van der Waals surface area contributed by atoms with Crippen molar-refractivity contribution in [2.45, 2.75) is 31.2 Å². The van der Waals surface area contributed by atoms with Crippen LogP contribution in [0.15, 0.2) is 57.8 Å². The van der Waals surface area contributed by atoms with Gasteiger partial charge in [-0.05, 0) is 24.6 Å². The van der Waals surface area contributed by atoms with Gasteiger partial charge in [-0.3, -0.25) is 4.79 Å². The van der Waals surface area contributed by atoms with Gasteiger partial charge in [0.25, 0.3) is 10.0 Å². The lowest BCUT2D eigenvalue weighted by molar-refractivity contribution is -0.120. The summed E-state index contributed by atoms with van der Waals surface area (Å²) in [6, 6.07) is 14.9. The summed E-state index contributed by atoms with van der Waals surface area (Å²) in [6.45, 7) is 3.95. The van der Waals surface area contributed by atoms with Crippen LogP contribution in [0.3, 0.4) is 0 Å². The van der Waals surface area contributed by atoms with Crippen molar-refractivity contribution in [2.24, 2.45) is 4.40 Å². The maximum absolute atomic E-state index is 12.2. The molecule has 148 valence electrons. The predicted molar refractivity (Wildman–Crippen MR) is 110 cm³/mol. The zero-order valence-corrected chi connectivity index (χ0v) is 16.6. The Bertz CT molecular complexity index is 969. The van der Waals surface area contributed by atoms with Crippen molar-refractivity contribution in [3.63, 3.8) is 0 Å². The molecule has 3 N–H and O–H groups in total. The minimum Gasteiger partial charge on any atom is -0.355 e. The highest BCUT2D eigenvalue weighted by Crippen LogP contribution is 2.27. The van der Waals surface area contributed by atoms with E-state index in [1.807, 2.05) is 0 Å². The van der Waals surface area contributed by atoms with Gasteiger partial charge in [-0.1, -0.05) is 42.0 Å². The lowest BCUT2D eigenvalue weighted by Crippen LogP contribution is -2.32. The molecule has 1 aliphatic heterocycles. The zero-order chi connectivity index (χ0) is 20.0. The van der Waals surface area contributed by atoms with Gasteiger partial charge in [-0.25, -0.2) is 0 Å². The first-order valence-electron chi connectivity index (χ1n) is 9.17. The summed E-state index contributed by atoms with van der Waals surface area (Å²) in [5.41, 5.74) is 2.91. The number of fused-ring (bicyclic) bond motifs is 1. The van der Waals surface area contributed by atoms with E-state index in [-0.39, 0.29) is 29.5 Å². The van der Waals surface area contributed by atoms with Crippen LogP contribution < -0.4 is 16.0 Å². The lowest BCUT2D eigenvalue weighted by Gasteiger charge is -2.17. The summed E-state index contributed by atoms with van der Waals surface area (Å²) < 4.78 is 28.1. The van der Waals surface area contributed by atoms with Crippen LogP contribution in [0.4, 0.5) is 5.69 Å². The molecule has 0 radical (unpaired) electrons. The maximum atomic E-state index is 12.2. The SMILES string of the molecule is Cc1ccc(CNCCNC(=O)CCC2=NS(=O)(=O)c3ccccc3N2)cc1. The molecule has 0 spiro atoms. The monoisotopic (exact) mass is 400 g/mol. The van der Waals surface area contributed by atoms with Gasteiger partial charge in [0.15, 0.2) is 0 Å². The van der Waals surface area contributed by atoms with Crippen molar-refractivity contribution in [3.05, 3.63) is 59.7 Å². The van der Waals surface area contributed by atoms with Crippen LogP contribution in [0.5, 0.6) is 0 Å². The molecule has 0 atom stereocenters. The van der Waals surface area contributed by atoms with E-state index < -0.39 is 10.0 Å². The molecular weight excluding hydrogens is 376 g/mol. The van der Waals surface area contributed by atoms with Crippen LogP contribution in [-0.4, -0.2) is 33.3 Å². The normalized spacial score (nSPS) is 14.5. The third kappa shape index (κ3) is 5.40. The van der Waals surface area contributed by atoms with E-state index in [1.54, 1.807) is 18.2 Å². The number of amidine groups is 1. The Labute approximate surface area is 165 Å². The zero-order valence-electron chi connectivity index (χ0n) is 15.7. The van der Waals surface area contributed by atoms with E-state index >= 15 is 0 Å². The van der Waals surface area contributed by atoms with Gasteiger partial charge in [0.05, 0.1) is 5.69 Å². The quantitative estimate of drug-likeness (QED) is 0.590.